The highest BCUT2D eigenvalue weighted by atomic mass is 32.2. The summed E-state index contributed by atoms with van der Waals surface area (Å²) in [6.45, 7) is 0.682. The second kappa shape index (κ2) is 9.92. The Morgan fingerprint density at radius 2 is 1.61 bits per heavy atom. The third-order valence-electron chi connectivity index (χ3n) is 5.20. The summed E-state index contributed by atoms with van der Waals surface area (Å²) in [5.74, 6) is 0. The van der Waals surface area contributed by atoms with Crippen molar-refractivity contribution in [2.24, 2.45) is 5.10 Å². The van der Waals surface area contributed by atoms with Crippen molar-refractivity contribution >= 4 is 39.0 Å². The van der Waals surface area contributed by atoms with Crippen LogP contribution in [0.15, 0.2) is 46.4 Å². The van der Waals surface area contributed by atoms with E-state index in [1.807, 2.05) is 0 Å². The average molecular weight is 477 g/mol. The number of nitrogens with zero attached hydrogens (tertiary/aromatic N) is 5. The number of nitro benzene ring substituents is 2. The van der Waals surface area contributed by atoms with Gasteiger partial charge in [-0.3, -0.25) is 25.7 Å². The lowest BCUT2D eigenvalue weighted by Gasteiger charge is -2.26. The molecule has 13 heteroatoms. The highest BCUT2D eigenvalue weighted by Crippen LogP contribution is 2.31. The van der Waals surface area contributed by atoms with Gasteiger partial charge in [-0.1, -0.05) is 6.42 Å². The van der Waals surface area contributed by atoms with Crippen molar-refractivity contribution in [2.75, 3.05) is 37.5 Å². The quantitative estimate of drug-likeness (QED) is 0.346. The maximum Gasteiger partial charge on any atom is 0.270 e. The molecule has 0 spiro atoms. The van der Waals surface area contributed by atoms with Crippen molar-refractivity contribution in [1.82, 2.24) is 4.31 Å². The molecule has 33 heavy (non-hydrogen) atoms. The van der Waals surface area contributed by atoms with Gasteiger partial charge in [0.05, 0.1) is 21.7 Å². The molecule has 12 nitrogen and oxygen atoms in total. The summed E-state index contributed by atoms with van der Waals surface area (Å²) in [6, 6.07) is 7.79. The van der Waals surface area contributed by atoms with E-state index in [1.165, 1.54) is 34.8 Å². The van der Waals surface area contributed by atoms with Gasteiger partial charge in [0.1, 0.15) is 4.90 Å². The summed E-state index contributed by atoms with van der Waals surface area (Å²) in [4.78, 5) is 22.7. The lowest BCUT2D eigenvalue weighted by atomic mass is 10.1. The van der Waals surface area contributed by atoms with Gasteiger partial charge in [0, 0.05) is 62.7 Å². The van der Waals surface area contributed by atoms with E-state index < -0.39 is 19.9 Å². The first-order chi connectivity index (χ1) is 15.6. The highest BCUT2D eigenvalue weighted by molar-refractivity contribution is 7.89. The monoisotopic (exact) mass is 476 g/mol. The molecule has 1 aliphatic heterocycles. The molecule has 0 unspecified atom stereocenters. The number of nitro groups is 2. The Morgan fingerprint density at radius 1 is 1.00 bits per heavy atom. The number of piperidine rings is 1. The zero-order valence-corrected chi connectivity index (χ0v) is 19.0. The number of hydrazone groups is 1. The molecule has 0 aromatic heterocycles. The maximum absolute atomic E-state index is 13.2. The Hall–Kier alpha value is -3.58. The van der Waals surface area contributed by atoms with Crippen molar-refractivity contribution in [3.05, 3.63) is 62.2 Å². The number of non-ortho nitro benzene ring substituents is 2. The normalized spacial score (nSPS) is 14.8. The van der Waals surface area contributed by atoms with E-state index in [9.17, 15) is 28.6 Å². The van der Waals surface area contributed by atoms with Gasteiger partial charge in [-0.2, -0.15) is 9.41 Å². The molecule has 1 saturated heterocycles. The van der Waals surface area contributed by atoms with Crippen LogP contribution in [0, 0.1) is 20.2 Å². The molecule has 176 valence electrons. The van der Waals surface area contributed by atoms with E-state index >= 15 is 0 Å². The molecule has 0 bridgehead atoms. The van der Waals surface area contributed by atoms with Gasteiger partial charge >= 0.3 is 0 Å². The second-order valence-electron chi connectivity index (χ2n) is 7.67. The van der Waals surface area contributed by atoms with Gasteiger partial charge in [-0.25, -0.2) is 8.42 Å². The van der Waals surface area contributed by atoms with Crippen LogP contribution in [0.5, 0.6) is 0 Å². The van der Waals surface area contributed by atoms with Crippen LogP contribution in [-0.2, 0) is 10.0 Å². The summed E-state index contributed by atoms with van der Waals surface area (Å²) in [5, 5.41) is 26.4. The topological polar surface area (TPSA) is 151 Å². The van der Waals surface area contributed by atoms with Crippen LogP contribution in [0.4, 0.5) is 22.7 Å². The van der Waals surface area contributed by atoms with Gasteiger partial charge in [-0.15, -0.1) is 0 Å². The number of sulfonamides is 1. The molecule has 0 radical (unpaired) electrons. The fourth-order valence-electron chi connectivity index (χ4n) is 3.51. The highest BCUT2D eigenvalue weighted by Gasteiger charge is 2.30. The molecule has 2 aromatic rings. The molecule has 0 saturated carbocycles. The molecule has 2 aromatic carbocycles. The Kier molecular flexibility index (Phi) is 7.23. The Bertz CT molecular complexity index is 1190. The fraction of sp³-hybridized carbons (Fsp3) is 0.350. The first kappa shape index (κ1) is 24.1. The molecular weight excluding hydrogens is 452 g/mol. The second-order valence-corrected chi connectivity index (χ2v) is 9.57. The number of benzene rings is 2. The molecule has 1 aliphatic rings. The summed E-state index contributed by atoms with van der Waals surface area (Å²) in [7, 11) is -0.450. The van der Waals surface area contributed by atoms with Crippen LogP contribution in [-0.4, -0.2) is 56.0 Å². The summed E-state index contributed by atoms with van der Waals surface area (Å²) in [5.41, 5.74) is 3.33. The average Bonchev–Trinajstić information content (AvgIpc) is 2.79. The van der Waals surface area contributed by atoms with Crippen LogP contribution in [0.1, 0.15) is 24.8 Å². The van der Waals surface area contributed by atoms with Crippen molar-refractivity contribution in [3.63, 3.8) is 0 Å². The van der Waals surface area contributed by atoms with E-state index in [-0.39, 0.29) is 22.0 Å². The fourth-order valence-corrected chi connectivity index (χ4v) is 5.19. The summed E-state index contributed by atoms with van der Waals surface area (Å²) in [6.07, 6.45) is 3.69. The van der Waals surface area contributed by atoms with Crippen molar-refractivity contribution in [2.45, 2.75) is 24.2 Å². The van der Waals surface area contributed by atoms with Crippen LogP contribution in [0.3, 0.4) is 0 Å². The van der Waals surface area contributed by atoms with Crippen LogP contribution in [0.2, 0.25) is 0 Å². The molecule has 1 heterocycles. The number of hydrogen-bond acceptors (Lipinski definition) is 9. The minimum Gasteiger partial charge on any atom is -0.377 e. The molecule has 0 amide bonds. The molecule has 1 fully saturated rings. The predicted octanol–water partition coefficient (Wildman–Crippen LogP) is 3.19. The van der Waals surface area contributed by atoms with E-state index in [0.717, 1.165) is 25.3 Å². The van der Waals surface area contributed by atoms with Gasteiger partial charge in [0.2, 0.25) is 10.0 Å². The Labute approximate surface area is 190 Å². The molecule has 3 rings (SSSR count). The van der Waals surface area contributed by atoms with Gasteiger partial charge < -0.3 is 4.90 Å². The van der Waals surface area contributed by atoms with E-state index in [4.69, 9.17) is 0 Å². The Balaban J connectivity index is 1.97. The van der Waals surface area contributed by atoms with Crippen LogP contribution in [0.25, 0.3) is 0 Å². The third-order valence-corrected chi connectivity index (χ3v) is 7.14. The maximum atomic E-state index is 13.2. The minimum atomic E-state index is -3.99. The Morgan fingerprint density at radius 3 is 2.21 bits per heavy atom. The standard InChI is InChI=1S/C20H24N6O6S/c1-23(2)19-9-7-16(25(27)28)12-15(19)14-21-22-18-8-6-17(26(29)30)13-20(18)33(31,32)24-10-4-3-5-11-24/h6-9,12-14,22H,3-5,10-11H2,1-2H3/b21-14+. The van der Waals surface area contributed by atoms with Gasteiger partial charge in [0.25, 0.3) is 11.4 Å². The summed E-state index contributed by atoms with van der Waals surface area (Å²) < 4.78 is 27.7. The van der Waals surface area contributed by atoms with Crippen molar-refractivity contribution < 1.29 is 18.3 Å². The van der Waals surface area contributed by atoms with E-state index in [2.05, 4.69) is 10.5 Å². The first-order valence-electron chi connectivity index (χ1n) is 10.1. The van der Waals surface area contributed by atoms with Crippen LogP contribution >= 0.6 is 0 Å². The lowest BCUT2D eigenvalue weighted by molar-refractivity contribution is -0.385. The SMILES string of the molecule is CN(C)c1ccc([N+](=O)[O-])cc1/C=N/Nc1ccc([N+](=O)[O-])cc1S(=O)(=O)N1CCCCC1. The van der Waals surface area contributed by atoms with Gasteiger partial charge in [0.15, 0.2) is 0 Å². The zero-order chi connectivity index (χ0) is 24.2. The van der Waals surface area contributed by atoms with E-state index in [1.54, 1.807) is 25.1 Å². The zero-order valence-electron chi connectivity index (χ0n) is 18.2. The number of nitrogens with one attached hydrogen (secondary N) is 1. The van der Waals surface area contributed by atoms with E-state index in [0.29, 0.717) is 24.3 Å². The number of rotatable bonds is 8. The first-order valence-corrected chi connectivity index (χ1v) is 11.6. The molecular formula is C20H24N6O6S. The van der Waals surface area contributed by atoms with Crippen LogP contribution < -0.4 is 10.3 Å². The minimum absolute atomic E-state index is 0.0688. The number of hydrogen-bond donors (Lipinski definition) is 1. The predicted molar refractivity (Wildman–Crippen MR) is 124 cm³/mol. The van der Waals surface area contributed by atoms with Gasteiger partial charge in [-0.05, 0) is 25.0 Å². The molecule has 1 N–H and O–H groups in total. The summed E-state index contributed by atoms with van der Waals surface area (Å²) >= 11 is 0. The third kappa shape index (κ3) is 5.43. The molecule has 0 atom stereocenters. The number of anilines is 2. The molecule has 0 aliphatic carbocycles. The smallest absolute Gasteiger partial charge is 0.270 e. The van der Waals surface area contributed by atoms with Crippen molar-refractivity contribution in [3.8, 4) is 0 Å². The largest absolute Gasteiger partial charge is 0.377 e. The lowest BCUT2D eigenvalue weighted by Crippen LogP contribution is -2.35. The van der Waals surface area contributed by atoms with Crippen molar-refractivity contribution in [1.29, 1.82) is 0 Å².